The second kappa shape index (κ2) is 5.59. The SMILES string of the molecule is COP(=O)(CC(=O)C1=CCCCC1)OC. The molecule has 5 heteroatoms. The van der Waals surface area contributed by atoms with Gasteiger partial charge in [-0.3, -0.25) is 9.36 Å². The number of ketones is 1. The molecule has 0 heterocycles. The van der Waals surface area contributed by atoms with E-state index in [1.807, 2.05) is 6.08 Å². The van der Waals surface area contributed by atoms with Gasteiger partial charge >= 0.3 is 7.60 Å². The summed E-state index contributed by atoms with van der Waals surface area (Å²) in [6, 6.07) is 0. The van der Waals surface area contributed by atoms with Crippen molar-refractivity contribution < 1.29 is 18.4 Å². The molecule has 1 aliphatic rings. The maximum Gasteiger partial charge on any atom is 0.337 e. The van der Waals surface area contributed by atoms with Crippen molar-refractivity contribution in [2.45, 2.75) is 25.7 Å². The summed E-state index contributed by atoms with van der Waals surface area (Å²) in [5.74, 6) is -0.110. The molecule has 15 heavy (non-hydrogen) atoms. The van der Waals surface area contributed by atoms with Gasteiger partial charge in [-0.25, -0.2) is 0 Å². The molecule has 0 N–H and O–H groups in total. The Bertz CT molecular complexity index is 301. The summed E-state index contributed by atoms with van der Waals surface area (Å²) in [5.41, 5.74) is 0.774. The smallest absolute Gasteiger partial charge is 0.312 e. The van der Waals surface area contributed by atoms with Gasteiger partial charge in [-0.15, -0.1) is 0 Å². The lowest BCUT2D eigenvalue weighted by Gasteiger charge is -2.15. The molecule has 1 aliphatic carbocycles. The molecule has 0 fully saturated rings. The molecular formula is C10H17O4P. The van der Waals surface area contributed by atoms with Gasteiger partial charge in [-0.2, -0.15) is 0 Å². The van der Waals surface area contributed by atoms with Crippen molar-refractivity contribution in [3.63, 3.8) is 0 Å². The molecule has 0 saturated heterocycles. The molecule has 1 rings (SSSR count). The van der Waals surface area contributed by atoms with Crippen LogP contribution in [0.2, 0.25) is 0 Å². The first-order valence-electron chi connectivity index (χ1n) is 5.04. The summed E-state index contributed by atoms with van der Waals surface area (Å²) in [4.78, 5) is 11.7. The van der Waals surface area contributed by atoms with Crippen molar-refractivity contribution in [2.24, 2.45) is 0 Å². The number of carbonyl (C=O) groups excluding carboxylic acids is 1. The third-order valence-corrected chi connectivity index (χ3v) is 4.33. The molecule has 0 aromatic heterocycles. The van der Waals surface area contributed by atoms with Crippen molar-refractivity contribution in [3.05, 3.63) is 11.6 Å². The first kappa shape index (κ1) is 12.6. The van der Waals surface area contributed by atoms with E-state index in [0.29, 0.717) is 0 Å². The Morgan fingerprint density at radius 2 is 2.07 bits per heavy atom. The summed E-state index contributed by atoms with van der Waals surface area (Å²) in [6.45, 7) is 0. The Kier molecular flexibility index (Phi) is 4.71. The minimum absolute atomic E-state index is 0.110. The number of carbonyl (C=O) groups is 1. The third kappa shape index (κ3) is 3.56. The van der Waals surface area contributed by atoms with Crippen molar-refractivity contribution in [2.75, 3.05) is 20.4 Å². The number of hydrogen-bond acceptors (Lipinski definition) is 4. The predicted octanol–water partition coefficient (Wildman–Crippen LogP) is 2.54. The van der Waals surface area contributed by atoms with Gasteiger partial charge in [-0.1, -0.05) is 6.08 Å². The van der Waals surface area contributed by atoms with E-state index in [1.54, 1.807) is 0 Å². The summed E-state index contributed by atoms with van der Waals surface area (Å²) >= 11 is 0. The van der Waals surface area contributed by atoms with E-state index in [2.05, 4.69) is 0 Å². The van der Waals surface area contributed by atoms with Crippen molar-refractivity contribution >= 4 is 13.4 Å². The third-order valence-electron chi connectivity index (χ3n) is 2.54. The quantitative estimate of drug-likeness (QED) is 0.683. The highest BCUT2D eigenvalue weighted by Gasteiger charge is 2.27. The molecular weight excluding hydrogens is 215 g/mol. The number of hydrogen-bond donors (Lipinski definition) is 0. The van der Waals surface area contributed by atoms with Gasteiger partial charge in [0.1, 0.15) is 6.16 Å². The lowest BCUT2D eigenvalue weighted by Crippen LogP contribution is -2.12. The van der Waals surface area contributed by atoms with E-state index >= 15 is 0 Å². The molecule has 0 aromatic carbocycles. The molecule has 0 bridgehead atoms. The average molecular weight is 232 g/mol. The van der Waals surface area contributed by atoms with E-state index in [1.165, 1.54) is 14.2 Å². The second-order valence-electron chi connectivity index (χ2n) is 3.53. The normalized spacial score (nSPS) is 17.3. The fourth-order valence-corrected chi connectivity index (χ4v) is 2.53. The molecule has 86 valence electrons. The lowest BCUT2D eigenvalue weighted by molar-refractivity contribution is -0.113. The molecule has 0 aromatic rings. The van der Waals surface area contributed by atoms with Crippen LogP contribution < -0.4 is 0 Å². The zero-order valence-electron chi connectivity index (χ0n) is 9.19. The zero-order valence-corrected chi connectivity index (χ0v) is 10.1. The highest BCUT2D eigenvalue weighted by molar-refractivity contribution is 7.54. The molecule has 0 unspecified atom stereocenters. The minimum atomic E-state index is -3.19. The lowest BCUT2D eigenvalue weighted by atomic mass is 9.97. The van der Waals surface area contributed by atoms with E-state index in [0.717, 1.165) is 31.3 Å². The van der Waals surface area contributed by atoms with Crippen LogP contribution in [0.15, 0.2) is 11.6 Å². The molecule has 0 atom stereocenters. The molecule has 0 saturated carbocycles. The number of rotatable bonds is 5. The van der Waals surface area contributed by atoms with Crippen LogP contribution >= 0.6 is 7.60 Å². The Hall–Kier alpha value is -0.440. The van der Waals surface area contributed by atoms with E-state index in [-0.39, 0.29) is 11.9 Å². The molecule has 4 nitrogen and oxygen atoms in total. The summed E-state index contributed by atoms with van der Waals surface area (Å²) in [6.07, 6.45) is 5.66. The summed E-state index contributed by atoms with van der Waals surface area (Å²) in [7, 11) is -0.597. The van der Waals surface area contributed by atoms with Gasteiger partial charge in [-0.05, 0) is 31.3 Å². The van der Waals surface area contributed by atoms with Crippen LogP contribution in [0.5, 0.6) is 0 Å². The highest BCUT2D eigenvalue weighted by atomic mass is 31.2. The van der Waals surface area contributed by atoms with Crippen LogP contribution in [-0.4, -0.2) is 26.2 Å². The fraction of sp³-hybridized carbons (Fsp3) is 0.700. The first-order chi connectivity index (χ1) is 7.11. The van der Waals surface area contributed by atoms with Crippen LogP contribution in [0.25, 0.3) is 0 Å². The summed E-state index contributed by atoms with van der Waals surface area (Å²) < 4.78 is 21.2. The fourth-order valence-electron chi connectivity index (χ4n) is 1.57. The average Bonchev–Trinajstić information content (AvgIpc) is 2.30. The molecule has 0 aliphatic heterocycles. The number of allylic oxidation sites excluding steroid dienone is 2. The molecule has 0 spiro atoms. The molecule has 0 amide bonds. The van der Waals surface area contributed by atoms with Crippen molar-refractivity contribution in [1.29, 1.82) is 0 Å². The first-order valence-corrected chi connectivity index (χ1v) is 6.77. The summed E-state index contributed by atoms with van der Waals surface area (Å²) in [5, 5.41) is 0. The monoisotopic (exact) mass is 232 g/mol. The standard InChI is InChI=1S/C10H17O4P/c1-13-15(12,14-2)8-10(11)9-6-4-3-5-7-9/h6H,3-5,7-8H2,1-2H3. The Morgan fingerprint density at radius 1 is 1.40 bits per heavy atom. The maximum absolute atomic E-state index is 11.7. The van der Waals surface area contributed by atoms with E-state index < -0.39 is 7.60 Å². The Morgan fingerprint density at radius 3 is 2.53 bits per heavy atom. The predicted molar refractivity (Wildman–Crippen MR) is 58.0 cm³/mol. The van der Waals surface area contributed by atoms with E-state index in [4.69, 9.17) is 9.05 Å². The topological polar surface area (TPSA) is 52.6 Å². The highest BCUT2D eigenvalue weighted by Crippen LogP contribution is 2.46. The van der Waals surface area contributed by atoms with Crippen LogP contribution in [0.3, 0.4) is 0 Å². The van der Waals surface area contributed by atoms with Gasteiger partial charge in [0.25, 0.3) is 0 Å². The van der Waals surface area contributed by atoms with Crippen molar-refractivity contribution in [1.82, 2.24) is 0 Å². The Labute approximate surface area is 90.2 Å². The van der Waals surface area contributed by atoms with Crippen LogP contribution in [0.1, 0.15) is 25.7 Å². The van der Waals surface area contributed by atoms with Crippen molar-refractivity contribution in [3.8, 4) is 0 Å². The van der Waals surface area contributed by atoms with Crippen LogP contribution in [0.4, 0.5) is 0 Å². The Balaban J connectivity index is 2.62. The molecule has 0 radical (unpaired) electrons. The van der Waals surface area contributed by atoms with Gasteiger partial charge in [0.05, 0.1) is 0 Å². The minimum Gasteiger partial charge on any atom is -0.312 e. The second-order valence-corrected chi connectivity index (χ2v) is 5.80. The van der Waals surface area contributed by atoms with Gasteiger partial charge in [0.15, 0.2) is 5.78 Å². The number of Topliss-reactive ketones (excluding diaryl/α,β-unsaturated/α-hetero) is 1. The van der Waals surface area contributed by atoms with Gasteiger partial charge < -0.3 is 9.05 Å². The van der Waals surface area contributed by atoms with Crippen LogP contribution in [-0.2, 0) is 18.4 Å². The van der Waals surface area contributed by atoms with E-state index in [9.17, 15) is 9.36 Å². The largest absolute Gasteiger partial charge is 0.337 e. The van der Waals surface area contributed by atoms with Gasteiger partial charge in [0, 0.05) is 14.2 Å². The van der Waals surface area contributed by atoms with Crippen LogP contribution in [0, 0.1) is 0 Å². The maximum atomic E-state index is 11.7. The van der Waals surface area contributed by atoms with Gasteiger partial charge in [0.2, 0.25) is 0 Å². The zero-order chi connectivity index (χ0) is 11.3.